The Hall–Kier alpha value is -2.10. The maximum absolute atomic E-state index is 12.1. The molecule has 0 amide bonds. The van der Waals surface area contributed by atoms with Crippen molar-refractivity contribution in [2.24, 2.45) is 7.05 Å². The average molecular weight is 287 g/mol. The summed E-state index contributed by atoms with van der Waals surface area (Å²) in [4.78, 5) is 24.1. The maximum Gasteiger partial charge on any atom is 0.312 e. The zero-order valence-corrected chi connectivity index (χ0v) is 13.2. The van der Waals surface area contributed by atoms with Gasteiger partial charge in [0, 0.05) is 29.2 Å². The molecule has 0 N–H and O–H groups in total. The van der Waals surface area contributed by atoms with Gasteiger partial charge >= 0.3 is 5.97 Å². The molecule has 1 heterocycles. The number of carbonyl (C=O) groups excluding carboxylic acids is 2. The number of aryl methyl sites for hydroxylation is 1. The quantitative estimate of drug-likeness (QED) is 0.643. The molecule has 0 aliphatic carbocycles. The molecule has 0 unspecified atom stereocenters. The fourth-order valence-electron chi connectivity index (χ4n) is 2.56. The molecule has 0 aliphatic rings. The number of aromatic nitrogens is 1. The van der Waals surface area contributed by atoms with Crippen molar-refractivity contribution in [3.63, 3.8) is 0 Å². The Bertz CT molecular complexity index is 705. The third-order valence-electron chi connectivity index (χ3n) is 3.31. The summed E-state index contributed by atoms with van der Waals surface area (Å²) in [6, 6.07) is 7.67. The van der Waals surface area contributed by atoms with Crippen molar-refractivity contribution in [3.8, 4) is 0 Å². The van der Waals surface area contributed by atoms with Crippen LogP contribution in [0.15, 0.2) is 24.3 Å². The van der Waals surface area contributed by atoms with E-state index in [0.29, 0.717) is 11.3 Å². The number of hydrogen-bond acceptors (Lipinski definition) is 3. The summed E-state index contributed by atoms with van der Waals surface area (Å²) in [6.45, 7) is 7.02. The van der Waals surface area contributed by atoms with Gasteiger partial charge in [0.15, 0.2) is 5.78 Å². The summed E-state index contributed by atoms with van der Waals surface area (Å²) >= 11 is 0. The van der Waals surface area contributed by atoms with Gasteiger partial charge in [-0.25, -0.2) is 0 Å². The van der Waals surface area contributed by atoms with Crippen LogP contribution in [0.25, 0.3) is 10.9 Å². The number of Topliss-reactive ketones (excluding diaryl/α,β-unsaturated/α-hetero) is 1. The molecule has 1 aromatic carbocycles. The summed E-state index contributed by atoms with van der Waals surface area (Å²) in [5, 5.41) is 0.881. The summed E-state index contributed by atoms with van der Waals surface area (Å²) in [5.74, 6) is -0.360. The Morgan fingerprint density at radius 3 is 2.38 bits per heavy atom. The van der Waals surface area contributed by atoms with Gasteiger partial charge in [-0.15, -0.1) is 0 Å². The predicted molar refractivity (Wildman–Crippen MR) is 82.5 cm³/mol. The van der Waals surface area contributed by atoms with Crippen molar-refractivity contribution in [2.75, 3.05) is 0 Å². The summed E-state index contributed by atoms with van der Waals surface area (Å²) in [6.07, 6.45) is 0.0946. The minimum absolute atomic E-state index is 0.0367. The van der Waals surface area contributed by atoms with Crippen LogP contribution >= 0.6 is 0 Å². The molecule has 0 saturated heterocycles. The third-order valence-corrected chi connectivity index (χ3v) is 3.31. The molecule has 0 fully saturated rings. The van der Waals surface area contributed by atoms with Crippen LogP contribution in [-0.2, 0) is 23.0 Å². The largest absolute Gasteiger partial charge is 0.460 e. The number of ether oxygens (including phenoxy) is 1. The predicted octanol–water partition coefficient (Wildman–Crippen LogP) is 3.27. The highest BCUT2D eigenvalue weighted by Gasteiger charge is 2.23. The molecule has 2 rings (SSSR count). The van der Waals surface area contributed by atoms with E-state index in [9.17, 15) is 9.59 Å². The molecular weight excluding hydrogens is 266 g/mol. The molecule has 2 aromatic rings. The van der Waals surface area contributed by atoms with Crippen LogP contribution < -0.4 is 0 Å². The van der Waals surface area contributed by atoms with Gasteiger partial charge in [0.2, 0.25) is 0 Å². The molecular formula is C17H21NO3. The van der Waals surface area contributed by atoms with E-state index in [2.05, 4.69) is 0 Å². The van der Waals surface area contributed by atoms with Gasteiger partial charge < -0.3 is 9.30 Å². The van der Waals surface area contributed by atoms with Gasteiger partial charge in [-0.2, -0.15) is 0 Å². The Balaban J connectivity index is 2.48. The van der Waals surface area contributed by atoms with E-state index in [-0.39, 0.29) is 18.2 Å². The SMILES string of the molecule is CC(=O)c1c(CC(=O)OC(C)(C)C)n(C)c2ccccc12. The van der Waals surface area contributed by atoms with Gasteiger partial charge in [0.05, 0.1) is 6.42 Å². The smallest absolute Gasteiger partial charge is 0.312 e. The van der Waals surface area contributed by atoms with Crippen molar-refractivity contribution in [1.29, 1.82) is 0 Å². The van der Waals surface area contributed by atoms with E-state index in [1.165, 1.54) is 6.92 Å². The van der Waals surface area contributed by atoms with Crippen molar-refractivity contribution in [3.05, 3.63) is 35.5 Å². The lowest BCUT2D eigenvalue weighted by atomic mass is 10.1. The second-order valence-electron chi connectivity index (χ2n) is 6.22. The zero-order valence-electron chi connectivity index (χ0n) is 13.2. The summed E-state index contributed by atoms with van der Waals surface area (Å²) < 4.78 is 7.26. The molecule has 0 bridgehead atoms. The average Bonchev–Trinajstić information content (AvgIpc) is 2.61. The molecule has 4 heteroatoms. The zero-order chi connectivity index (χ0) is 15.8. The first-order valence-corrected chi connectivity index (χ1v) is 7.00. The highest BCUT2D eigenvalue weighted by molar-refractivity contribution is 6.09. The number of benzene rings is 1. The van der Waals surface area contributed by atoms with Crippen LogP contribution in [0.2, 0.25) is 0 Å². The number of ketones is 1. The maximum atomic E-state index is 12.1. The number of fused-ring (bicyclic) bond motifs is 1. The van der Waals surface area contributed by atoms with E-state index >= 15 is 0 Å². The lowest BCUT2D eigenvalue weighted by Crippen LogP contribution is -2.25. The normalized spacial score (nSPS) is 11.7. The van der Waals surface area contributed by atoms with Crippen molar-refractivity contribution in [1.82, 2.24) is 4.57 Å². The fourth-order valence-corrected chi connectivity index (χ4v) is 2.56. The van der Waals surface area contributed by atoms with Gasteiger partial charge in [0.1, 0.15) is 5.60 Å². The molecule has 0 radical (unpaired) electrons. The lowest BCUT2D eigenvalue weighted by Gasteiger charge is -2.19. The number of nitrogens with zero attached hydrogens (tertiary/aromatic N) is 1. The van der Waals surface area contributed by atoms with Gasteiger partial charge in [0.25, 0.3) is 0 Å². The number of hydrogen-bond donors (Lipinski definition) is 0. The van der Waals surface area contributed by atoms with Crippen LogP contribution in [0.3, 0.4) is 0 Å². The number of rotatable bonds is 3. The topological polar surface area (TPSA) is 48.3 Å². The molecule has 0 spiro atoms. The molecule has 4 nitrogen and oxygen atoms in total. The fraction of sp³-hybridized carbons (Fsp3) is 0.412. The van der Waals surface area contributed by atoms with Crippen LogP contribution in [0.1, 0.15) is 43.7 Å². The monoisotopic (exact) mass is 287 g/mol. The van der Waals surface area contributed by atoms with E-state index in [1.54, 1.807) is 0 Å². The Kier molecular flexibility index (Phi) is 3.90. The van der Waals surface area contributed by atoms with E-state index in [1.807, 2.05) is 56.7 Å². The number of para-hydroxylation sites is 1. The Labute approximate surface area is 124 Å². The van der Waals surface area contributed by atoms with Gasteiger partial charge in [-0.3, -0.25) is 9.59 Å². The van der Waals surface area contributed by atoms with Crippen LogP contribution in [0, 0.1) is 0 Å². The Morgan fingerprint density at radius 2 is 1.81 bits per heavy atom. The summed E-state index contributed by atoms with van der Waals surface area (Å²) in [5.41, 5.74) is 1.73. The molecule has 21 heavy (non-hydrogen) atoms. The second-order valence-corrected chi connectivity index (χ2v) is 6.22. The lowest BCUT2D eigenvalue weighted by molar-refractivity contribution is -0.154. The van der Waals surface area contributed by atoms with E-state index in [0.717, 1.165) is 10.9 Å². The minimum atomic E-state index is -0.530. The molecule has 0 saturated carbocycles. The van der Waals surface area contributed by atoms with Crippen molar-refractivity contribution in [2.45, 2.75) is 39.7 Å². The first kappa shape index (κ1) is 15.3. The van der Waals surface area contributed by atoms with E-state index < -0.39 is 5.60 Å². The molecule has 0 atom stereocenters. The van der Waals surface area contributed by atoms with Crippen LogP contribution in [-0.4, -0.2) is 21.9 Å². The van der Waals surface area contributed by atoms with Crippen LogP contribution in [0.5, 0.6) is 0 Å². The molecule has 112 valence electrons. The van der Waals surface area contributed by atoms with E-state index in [4.69, 9.17) is 4.74 Å². The molecule has 0 aliphatic heterocycles. The molecule has 1 aromatic heterocycles. The summed E-state index contributed by atoms with van der Waals surface area (Å²) in [7, 11) is 1.87. The first-order valence-electron chi connectivity index (χ1n) is 7.00. The third kappa shape index (κ3) is 3.15. The Morgan fingerprint density at radius 1 is 1.19 bits per heavy atom. The number of carbonyl (C=O) groups is 2. The number of esters is 1. The van der Waals surface area contributed by atoms with Crippen molar-refractivity contribution < 1.29 is 14.3 Å². The van der Waals surface area contributed by atoms with Crippen molar-refractivity contribution >= 4 is 22.7 Å². The first-order chi connectivity index (χ1) is 9.70. The van der Waals surface area contributed by atoms with Gasteiger partial charge in [-0.05, 0) is 33.8 Å². The standard InChI is InChI=1S/C17H21NO3/c1-11(19)16-12-8-6-7-9-13(12)18(5)14(16)10-15(20)21-17(2,3)4/h6-9H,10H2,1-5H3. The van der Waals surface area contributed by atoms with Crippen LogP contribution in [0.4, 0.5) is 0 Å². The second kappa shape index (κ2) is 5.35. The highest BCUT2D eigenvalue weighted by Crippen LogP contribution is 2.26. The minimum Gasteiger partial charge on any atom is -0.460 e. The van der Waals surface area contributed by atoms with Gasteiger partial charge in [-0.1, -0.05) is 18.2 Å². The highest BCUT2D eigenvalue weighted by atomic mass is 16.6.